The van der Waals surface area contributed by atoms with E-state index in [1.807, 2.05) is 60.7 Å². The summed E-state index contributed by atoms with van der Waals surface area (Å²) in [6.45, 7) is 0.364. The normalized spacial score (nSPS) is 11.3. The van der Waals surface area contributed by atoms with E-state index < -0.39 is 12.2 Å². The maximum Gasteiger partial charge on any atom is 0.165 e. The molecule has 4 heteroatoms. The maximum absolute atomic E-state index is 9.37. The fourth-order valence-corrected chi connectivity index (χ4v) is 2.06. The van der Waals surface area contributed by atoms with Gasteiger partial charge in [0.1, 0.15) is 0 Å². The summed E-state index contributed by atoms with van der Waals surface area (Å²) in [5.74, 6) is -0.465. The van der Waals surface area contributed by atoms with Gasteiger partial charge in [0, 0.05) is 0 Å². The Bertz CT molecular complexity index is 468. The van der Waals surface area contributed by atoms with Crippen molar-refractivity contribution in [2.24, 2.45) is 5.92 Å². The summed E-state index contributed by atoms with van der Waals surface area (Å²) in [5, 5.41) is 18.7. The van der Waals surface area contributed by atoms with Crippen LogP contribution in [0.4, 0.5) is 0 Å². The number of hydrogen-bond acceptors (Lipinski definition) is 4. The van der Waals surface area contributed by atoms with Gasteiger partial charge < -0.3 is 19.7 Å². The predicted molar refractivity (Wildman–Crippen MR) is 83.9 cm³/mol. The average molecular weight is 302 g/mol. The third-order valence-corrected chi connectivity index (χ3v) is 3.37. The highest BCUT2D eigenvalue weighted by molar-refractivity contribution is 5.14. The lowest BCUT2D eigenvalue weighted by molar-refractivity contribution is -0.198. The Morgan fingerprint density at radius 1 is 0.682 bits per heavy atom. The van der Waals surface area contributed by atoms with E-state index in [1.54, 1.807) is 0 Å². The smallest absolute Gasteiger partial charge is 0.165 e. The van der Waals surface area contributed by atoms with Crippen LogP contribution in [0.2, 0.25) is 0 Å². The molecule has 0 fully saturated rings. The minimum atomic E-state index is -0.657. The van der Waals surface area contributed by atoms with Crippen LogP contribution >= 0.6 is 0 Å². The Morgan fingerprint density at radius 2 is 1.09 bits per heavy atom. The molecule has 0 heterocycles. The van der Waals surface area contributed by atoms with Crippen molar-refractivity contribution in [1.29, 1.82) is 0 Å². The first kappa shape index (κ1) is 16.6. The Hall–Kier alpha value is -1.72. The maximum atomic E-state index is 9.37. The SMILES string of the molecule is OCC(CO)C(OCc1ccccc1)OCc1ccccc1. The zero-order valence-corrected chi connectivity index (χ0v) is 12.5. The number of hydrogen-bond donors (Lipinski definition) is 2. The highest BCUT2D eigenvalue weighted by Crippen LogP contribution is 2.15. The Labute approximate surface area is 130 Å². The molecule has 0 radical (unpaired) electrons. The molecule has 0 spiro atoms. The van der Waals surface area contributed by atoms with Crippen molar-refractivity contribution in [3.8, 4) is 0 Å². The fourth-order valence-electron chi connectivity index (χ4n) is 2.06. The van der Waals surface area contributed by atoms with Crippen molar-refractivity contribution in [3.63, 3.8) is 0 Å². The molecule has 2 aromatic carbocycles. The predicted octanol–water partition coefficient (Wildman–Crippen LogP) is 2.35. The van der Waals surface area contributed by atoms with Gasteiger partial charge >= 0.3 is 0 Å². The molecule has 0 saturated heterocycles. The number of benzene rings is 2. The third-order valence-electron chi connectivity index (χ3n) is 3.37. The summed E-state index contributed by atoms with van der Waals surface area (Å²) < 4.78 is 11.5. The Morgan fingerprint density at radius 3 is 1.45 bits per heavy atom. The fraction of sp³-hybridized carbons (Fsp3) is 0.333. The molecule has 0 aliphatic carbocycles. The summed E-state index contributed by atoms with van der Waals surface area (Å²) in [7, 11) is 0. The molecule has 4 nitrogen and oxygen atoms in total. The highest BCUT2D eigenvalue weighted by atomic mass is 16.7. The lowest BCUT2D eigenvalue weighted by Crippen LogP contribution is -2.32. The van der Waals surface area contributed by atoms with Crippen molar-refractivity contribution in [3.05, 3.63) is 71.8 Å². The molecule has 0 amide bonds. The molecule has 118 valence electrons. The standard InChI is InChI=1S/C18H22O4/c19-11-17(12-20)18(21-13-15-7-3-1-4-8-15)22-14-16-9-5-2-6-10-16/h1-10,17-20H,11-14H2. The van der Waals surface area contributed by atoms with Crippen LogP contribution in [-0.2, 0) is 22.7 Å². The van der Waals surface area contributed by atoms with Crippen LogP contribution in [0.5, 0.6) is 0 Å². The summed E-state index contributed by atoms with van der Waals surface area (Å²) in [6, 6.07) is 19.5. The van der Waals surface area contributed by atoms with Gasteiger partial charge in [-0.15, -0.1) is 0 Å². The minimum Gasteiger partial charge on any atom is -0.396 e. The van der Waals surface area contributed by atoms with E-state index in [1.165, 1.54) is 0 Å². The van der Waals surface area contributed by atoms with Crippen LogP contribution in [0, 0.1) is 5.92 Å². The first-order chi connectivity index (χ1) is 10.8. The summed E-state index contributed by atoms with van der Waals surface area (Å²) in [4.78, 5) is 0. The molecule has 2 aromatic rings. The van der Waals surface area contributed by atoms with Gasteiger partial charge in [-0.3, -0.25) is 0 Å². The molecule has 0 aromatic heterocycles. The van der Waals surface area contributed by atoms with Crippen LogP contribution in [0.25, 0.3) is 0 Å². The van der Waals surface area contributed by atoms with Gasteiger partial charge in [0.15, 0.2) is 6.29 Å². The van der Waals surface area contributed by atoms with E-state index in [9.17, 15) is 10.2 Å². The van der Waals surface area contributed by atoms with E-state index in [0.717, 1.165) is 11.1 Å². The molecule has 2 rings (SSSR count). The molecule has 0 aliphatic rings. The largest absolute Gasteiger partial charge is 0.396 e. The quantitative estimate of drug-likeness (QED) is 0.698. The van der Waals surface area contributed by atoms with Crippen LogP contribution < -0.4 is 0 Å². The van der Waals surface area contributed by atoms with Crippen LogP contribution in [0.3, 0.4) is 0 Å². The van der Waals surface area contributed by atoms with Crippen molar-refractivity contribution < 1.29 is 19.7 Å². The topological polar surface area (TPSA) is 58.9 Å². The van der Waals surface area contributed by atoms with Crippen molar-refractivity contribution in [1.82, 2.24) is 0 Å². The monoisotopic (exact) mass is 302 g/mol. The summed E-state index contributed by atoms with van der Waals surface area (Å²) in [6.07, 6.45) is -0.657. The highest BCUT2D eigenvalue weighted by Gasteiger charge is 2.22. The van der Waals surface area contributed by atoms with Crippen molar-refractivity contribution in [2.45, 2.75) is 19.5 Å². The van der Waals surface area contributed by atoms with E-state index in [4.69, 9.17) is 9.47 Å². The van der Waals surface area contributed by atoms with Gasteiger partial charge in [-0.1, -0.05) is 60.7 Å². The zero-order chi connectivity index (χ0) is 15.6. The first-order valence-electron chi connectivity index (χ1n) is 7.36. The number of aliphatic hydroxyl groups excluding tert-OH is 2. The van der Waals surface area contributed by atoms with E-state index in [-0.39, 0.29) is 13.2 Å². The minimum absolute atomic E-state index is 0.190. The van der Waals surface area contributed by atoms with E-state index >= 15 is 0 Å². The van der Waals surface area contributed by atoms with Crippen LogP contribution in [-0.4, -0.2) is 29.7 Å². The van der Waals surface area contributed by atoms with Crippen LogP contribution in [0.15, 0.2) is 60.7 Å². The molecule has 0 bridgehead atoms. The summed E-state index contributed by atoms with van der Waals surface area (Å²) >= 11 is 0. The lowest BCUT2D eigenvalue weighted by atomic mass is 10.1. The second-order valence-electron chi connectivity index (χ2n) is 5.09. The van der Waals surface area contributed by atoms with Gasteiger partial charge in [-0.2, -0.15) is 0 Å². The lowest BCUT2D eigenvalue weighted by Gasteiger charge is -2.24. The second-order valence-corrected chi connectivity index (χ2v) is 5.09. The molecule has 0 saturated carbocycles. The number of rotatable bonds is 9. The van der Waals surface area contributed by atoms with Crippen LogP contribution in [0.1, 0.15) is 11.1 Å². The molecule has 0 atom stereocenters. The van der Waals surface area contributed by atoms with Gasteiger partial charge in [0.2, 0.25) is 0 Å². The molecule has 0 aliphatic heterocycles. The van der Waals surface area contributed by atoms with E-state index in [0.29, 0.717) is 13.2 Å². The average Bonchev–Trinajstić information content (AvgIpc) is 2.59. The van der Waals surface area contributed by atoms with Gasteiger partial charge in [-0.25, -0.2) is 0 Å². The first-order valence-corrected chi connectivity index (χ1v) is 7.36. The molecule has 22 heavy (non-hydrogen) atoms. The Kier molecular flexibility index (Phi) is 7.06. The molecular formula is C18H22O4. The third kappa shape index (κ3) is 5.24. The second kappa shape index (κ2) is 9.33. The molecule has 0 unspecified atom stereocenters. The van der Waals surface area contributed by atoms with Crippen molar-refractivity contribution >= 4 is 0 Å². The van der Waals surface area contributed by atoms with Gasteiger partial charge in [0.25, 0.3) is 0 Å². The van der Waals surface area contributed by atoms with Gasteiger partial charge in [-0.05, 0) is 11.1 Å². The number of aliphatic hydroxyl groups is 2. The summed E-state index contributed by atoms with van der Waals surface area (Å²) in [5.41, 5.74) is 2.04. The molecule has 2 N–H and O–H groups in total. The van der Waals surface area contributed by atoms with E-state index in [2.05, 4.69) is 0 Å². The molecular weight excluding hydrogens is 280 g/mol. The van der Waals surface area contributed by atoms with Crippen molar-refractivity contribution in [2.75, 3.05) is 13.2 Å². The Balaban J connectivity index is 1.93. The zero-order valence-electron chi connectivity index (χ0n) is 12.5. The van der Waals surface area contributed by atoms with Gasteiger partial charge in [0.05, 0.1) is 32.3 Å². The number of ether oxygens (including phenoxy) is 2.